The molecule has 13 heavy (non-hydrogen) atoms. The molecule has 0 atom stereocenters. The molecule has 0 N–H and O–H groups in total. The molecule has 0 amide bonds. The van der Waals surface area contributed by atoms with Crippen molar-refractivity contribution in [2.45, 2.75) is 13.8 Å². The van der Waals surface area contributed by atoms with Gasteiger partial charge in [0.1, 0.15) is 5.52 Å². The average molecular weight is 196 g/mol. The van der Waals surface area contributed by atoms with Gasteiger partial charge in [0.15, 0.2) is 5.65 Å². The molecule has 0 aliphatic carbocycles. The number of hydrogen-bond donors (Lipinski definition) is 0. The van der Waals surface area contributed by atoms with E-state index in [0.717, 1.165) is 22.4 Å². The highest BCUT2D eigenvalue weighted by molar-refractivity contribution is 6.29. The van der Waals surface area contributed by atoms with Crippen LogP contribution in [0.1, 0.15) is 11.3 Å². The van der Waals surface area contributed by atoms with E-state index in [9.17, 15) is 0 Å². The molecule has 0 unspecified atom stereocenters. The average Bonchev–Trinajstić information content (AvgIpc) is 2.32. The highest BCUT2D eigenvalue weighted by atomic mass is 35.5. The minimum absolute atomic E-state index is 0.479. The maximum absolute atomic E-state index is 5.87. The fourth-order valence-corrected chi connectivity index (χ4v) is 1.44. The Balaban J connectivity index is 2.89. The molecular weight excluding hydrogens is 186 g/mol. The summed E-state index contributed by atoms with van der Waals surface area (Å²) in [6.07, 6.45) is 0. The zero-order chi connectivity index (χ0) is 9.59. The molecule has 0 aliphatic rings. The topological polar surface area (TPSA) is 30.7 Å². The lowest BCUT2D eigenvalue weighted by Crippen LogP contribution is -1.92. The summed E-state index contributed by atoms with van der Waals surface area (Å²) in [5, 5.41) is 0.479. The first kappa shape index (κ1) is 8.51. The van der Waals surface area contributed by atoms with Crippen LogP contribution in [0.4, 0.5) is 0 Å². The molecule has 0 aliphatic heterocycles. The summed E-state index contributed by atoms with van der Waals surface area (Å²) < 4.78 is 1.78. The Bertz CT molecular complexity index is 473. The molecule has 2 aromatic rings. The van der Waals surface area contributed by atoms with Gasteiger partial charge in [-0.2, -0.15) is 0 Å². The van der Waals surface area contributed by atoms with Gasteiger partial charge in [0.25, 0.3) is 0 Å². The third-order valence-electron chi connectivity index (χ3n) is 2.23. The van der Waals surface area contributed by atoms with Crippen LogP contribution in [0.25, 0.3) is 11.2 Å². The number of aryl methyl sites for hydroxylation is 3. The largest absolute Gasteiger partial charge is 0.302 e. The Morgan fingerprint density at radius 1 is 1.31 bits per heavy atom. The summed E-state index contributed by atoms with van der Waals surface area (Å²) in [7, 11) is 1.86. The molecule has 0 bridgehead atoms. The van der Waals surface area contributed by atoms with Crippen LogP contribution in [0.5, 0.6) is 0 Å². The van der Waals surface area contributed by atoms with Crippen LogP contribution in [0.15, 0.2) is 6.07 Å². The summed E-state index contributed by atoms with van der Waals surface area (Å²) in [5.74, 6) is 0. The Kier molecular flexibility index (Phi) is 1.77. The quantitative estimate of drug-likeness (QED) is 0.646. The molecule has 0 saturated carbocycles. The third kappa shape index (κ3) is 1.20. The molecule has 0 aromatic carbocycles. The first-order valence-corrected chi connectivity index (χ1v) is 4.43. The molecule has 0 saturated heterocycles. The molecule has 2 heterocycles. The predicted molar refractivity (Wildman–Crippen MR) is 53.0 cm³/mol. The Labute approximate surface area is 81.4 Å². The van der Waals surface area contributed by atoms with Crippen LogP contribution < -0.4 is 0 Å². The van der Waals surface area contributed by atoms with Gasteiger partial charge in [-0.15, -0.1) is 0 Å². The molecule has 3 nitrogen and oxygen atoms in total. The zero-order valence-corrected chi connectivity index (χ0v) is 8.55. The van der Waals surface area contributed by atoms with Gasteiger partial charge in [0, 0.05) is 12.7 Å². The highest BCUT2D eigenvalue weighted by Gasteiger charge is 2.07. The second kappa shape index (κ2) is 2.70. The number of fused-ring (bicyclic) bond motifs is 1. The minimum Gasteiger partial charge on any atom is -0.302 e. The van der Waals surface area contributed by atoms with Gasteiger partial charge < -0.3 is 4.57 Å². The van der Waals surface area contributed by atoms with Crippen molar-refractivity contribution < 1.29 is 0 Å². The number of aromatic nitrogens is 3. The molecular formula is C9H10ClN3. The second-order valence-corrected chi connectivity index (χ2v) is 3.51. The number of rotatable bonds is 0. The fourth-order valence-electron chi connectivity index (χ4n) is 1.27. The van der Waals surface area contributed by atoms with Crippen LogP contribution in [-0.2, 0) is 7.05 Å². The maximum Gasteiger partial charge on any atom is 0.204 e. The van der Waals surface area contributed by atoms with Crippen molar-refractivity contribution in [2.24, 2.45) is 7.05 Å². The maximum atomic E-state index is 5.87. The fraction of sp³-hybridized carbons (Fsp3) is 0.333. The summed E-state index contributed by atoms with van der Waals surface area (Å²) >= 11 is 5.87. The van der Waals surface area contributed by atoms with E-state index in [1.807, 2.05) is 27.0 Å². The molecule has 2 aromatic heterocycles. The summed E-state index contributed by atoms with van der Waals surface area (Å²) in [4.78, 5) is 8.59. The zero-order valence-electron chi connectivity index (χ0n) is 7.80. The monoisotopic (exact) mass is 195 g/mol. The van der Waals surface area contributed by atoms with E-state index < -0.39 is 0 Å². The number of halogens is 1. The lowest BCUT2D eigenvalue weighted by atomic mass is 10.2. The molecule has 0 spiro atoms. The molecule has 0 radical (unpaired) electrons. The van der Waals surface area contributed by atoms with E-state index in [1.165, 1.54) is 0 Å². The van der Waals surface area contributed by atoms with E-state index in [-0.39, 0.29) is 0 Å². The van der Waals surface area contributed by atoms with E-state index in [1.54, 1.807) is 4.57 Å². The Morgan fingerprint density at radius 2 is 2.00 bits per heavy atom. The van der Waals surface area contributed by atoms with Gasteiger partial charge in [0.05, 0.1) is 0 Å². The first-order valence-electron chi connectivity index (χ1n) is 4.06. The van der Waals surface area contributed by atoms with Crippen molar-refractivity contribution in [2.75, 3.05) is 0 Å². The van der Waals surface area contributed by atoms with Crippen molar-refractivity contribution in [3.63, 3.8) is 0 Å². The number of imidazole rings is 1. The van der Waals surface area contributed by atoms with Crippen LogP contribution >= 0.6 is 11.6 Å². The molecule has 68 valence electrons. The van der Waals surface area contributed by atoms with E-state index in [0.29, 0.717) is 5.28 Å². The van der Waals surface area contributed by atoms with Gasteiger partial charge >= 0.3 is 0 Å². The predicted octanol–water partition coefficient (Wildman–Crippen LogP) is 2.24. The van der Waals surface area contributed by atoms with Crippen LogP contribution in [0.2, 0.25) is 5.28 Å². The number of nitrogens with zero attached hydrogens (tertiary/aromatic N) is 3. The summed E-state index contributed by atoms with van der Waals surface area (Å²) in [5.41, 5.74) is 3.86. The summed E-state index contributed by atoms with van der Waals surface area (Å²) in [6.45, 7) is 4.00. The highest BCUT2D eigenvalue weighted by Crippen LogP contribution is 2.18. The van der Waals surface area contributed by atoms with Crippen LogP contribution in [0, 0.1) is 13.8 Å². The van der Waals surface area contributed by atoms with E-state index >= 15 is 0 Å². The van der Waals surface area contributed by atoms with Gasteiger partial charge in [-0.3, -0.25) is 0 Å². The molecule has 4 heteroatoms. The first-order chi connectivity index (χ1) is 6.09. The number of pyridine rings is 1. The summed E-state index contributed by atoms with van der Waals surface area (Å²) in [6, 6.07) is 2.00. The second-order valence-electron chi connectivity index (χ2n) is 3.17. The standard InChI is InChI=1S/C9H10ClN3/c1-5-4-7-8(11-6(5)2)13(3)9(10)12-7/h4H,1-3H3. The van der Waals surface area contributed by atoms with E-state index in [4.69, 9.17) is 11.6 Å². The van der Waals surface area contributed by atoms with Crippen LogP contribution in [-0.4, -0.2) is 14.5 Å². The molecule has 2 rings (SSSR count). The van der Waals surface area contributed by atoms with Crippen molar-refractivity contribution in [1.82, 2.24) is 14.5 Å². The lowest BCUT2D eigenvalue weighted by Gasteiger charge is -1.99. The lowest BCUT2D eigenvalue weighted by molar-refractivity contribution is 0.926. The normalized spacial score (nSPS) is 11.1. The Morgan fingerprint density at radius 3 is 2.69 bits per heavy atom. The van der Waals surface area contributed by atoms with Crippen molar-refractivity contribution in [3.8, 4) is 0 Å². The van der Waals surface area contributed by atoms with Gasteiger partial charge in [-0.25, -0.2) is 9.97 Å². The van der Waals surface area contributed by atoms with Gasteiger partial charge in [0.2, 0.25) is 5.28 Å². The van der Waals surface area contributed by atoms with Crippen molar-refractivity contribution in [1.29, 1.82) is 0 Å². The van der Waals surface area contributed by atoms with Crippen LogP contribution in [0.3, 0.4) is 0 Å². The molecule has 0 fully saturated rings. The van der Waals surface area contributed by atoms with Gasteiger partial charge in [-0.1, -0.05) is 0 Å². The third-order valence-corrected chi connectivity index (χ3v) is 2.57. The smallest absolute Gasteiger partial charge is 0.204 e. The number of hydrogen-bond acceptors (Lipinski definition) is 2. The Hall–Kier alpha value is -1.09. The van der Waals surface area contributed by atoms with E-state index in [2.05, 4.69) is 9.97 Å². The van der Waals surface area contributed by atoms with Crippen molar-refractivity contribution in [3.05, 3.63) is 22.6 Å². The van der Waals surface area contributed by atoms with Crippen molar-refractivity contribution >= 4 is 22.8 Å². The SMILES string of the molecule is Cc1cc2nc(Cl)n(C)c2nc1C. The van der Waals surface area contributed by atoms with Gasteiger partial charge in [-0.05, 0) is 37.1 Å². The minimum atomic E-state index is 0.479.